The summed E-state index contributed by atoms with van der Waals surface area (Å²) in [6, 6.07) is 1.49. The Morgan fingerprint density at radius 1 is 1.29 bits per heavy atom. The fraction of sp³-hybridized carbons (Fsp3) is 0.500. The molecule has 2 N–H and O–H groups in total. The first kappa shape index (κ1) is 18.3. The highest BCUT2D eigenvalue weighted by Gasteiger charge is 2.47. The Hall–Kier alpha value is -0.730. The lowest BCUT2D eigenvalue weighted by Crippen LogP contribution is -2.37. The molecule has 1 aromatic carbocycles. The molecular weight excluding hydrogens is 337 g/mol. The second kappa shape index (κ2) is 6.18. The monoisotopic (exact) mass is 349 g/mol. The average Bonchev–Trinajstić information content (AvgIpc) is 2.31. The number of halogens is 6. The first-order chi connectivity index (χ1) is 9.38. The summed E-state index contributed by atoms with van der Waals surface area (Å²) in [7, 11) is -2.10. The van der Waals surface area contributed by atoms with Crippen molar-refractivity contribution in [3.63, 3.8) is 0 Å². The Kier molecular flexibility index (Phi) is 5.39. The fourth-order valence-corrected chi connectivity index (χ4v) is 2.31. The lowest BCUT2D eigenvalue weighted by Gasteiger charge is -2.29. The predicted octanol–water partition coefficient (Wildman–Crippen LogP) is 4.06. The molecule has 2 nitrogen and oxygen atoms in total. The molecule has 0 saturated carbocycles. The van der Waals surface area contributed by atoms with E-state index in [1.165, 1.54) is 13.8 Å². The maximum absolute atomic E-state index is 13.8. The van der Waals surface area contributed by atoms with Crippen molar-refractivity contribution in [2.75, 3.05) is 0 Å². The molecule has 0 aromatic heterocycles. The molecule has 1 unspecified atom stereocenters. The third kappa shape index (κ3) is 4.14. The second-order valence-corrected chi connectivity index (χ2v) is 7.22. The summed E-state index contributed by atoms with van der Waals surface area (Å²) in [5.41, 5.74) is -1.19. The van der Waals surface area contributed by atoms with Crippen LogP contribution in [0.3, 0.4) is 0 Å². The van der Waals surface area contributed by atoms with Crippen molar-refractivity contribution >= 4 is 22.6 Å². The number of hydrogen-bond donors (Lipinski definition) is 1. The Labute approximate surface area is 126 Å². The summed E-state index contributed by atoms with van der Waals surface area (Å²) < 4.78 is 76.9. The average molecular weight is 350 g/mol. The molecule has 0 aliphatic heterocycles. The molecule has 1 aromatic rings. The van der Waals surface area contributed by atoms with Gasteiger partial charge in [0.15, 0.2) is 0 Å². The molecule has 0 radical (unpaired) electrons. The molecule has 0 aliphatic rings. The van der Waals surface area contributed by atoms with Gasteiger partial charge in [0.05, 0.1) is 26.7 Å². The van der Waals surface area contributed by atoms with E-state index in [2.05, 4.69) is 0 Å². The highest BCUT2D eigenvalue weighted by molar-refractivity contribution is 7.84. The van der Waals surface area contributed by atoms with Crippen LogP contribution >= 0.6 is 11.6 Å². The standard InChI is InChI=1S/C12H13ClF5NOS/c1-11(2,21(19)20)5-6(12(16,17)18)9-8(14)4-3-7(13)10(9)15/h3-4,6H,5,19H2,1-2H3/t6-,21?/m1/s1. The van der Waals surface area contributed by atoms with Gasteiger partial charge in [-0.05, 0) is 32.4 Å². The van der Waals surface area contributed by atoms with E-state index in [9.17, 15) is 26.2 Å². The van der Waals surface area contributed by atoms with Crippen LogP contribution in [0.25, 0.3) is 0 Å². The van der Waals surface area contributed by atoms with Crippen LogP contribution in [0.4, 0.5) is 22.0 Å². The van der Waals surface area contributed by atoms with Crippen LogP contribution in [-0.4, -0.2) is 15.1 Å². The molecule has 1 rings (SSSR count). The maximum atomic E-state index is 13.8. The van der Waals surface area contributed by atoms with Gasteiger partial charge >= 0.3 is 6.18 Å². The van der Waals surface area contributed by atoms with E-state index in [0.717, 1.165) is 6.07 Å². The van der Waals surface area contributed by atoms with E-state index < -0.39 is 56.5 Å². The molecule has 0 aliphatic carbocycles. The number of alkyl halides is 3. The summed E-state index contributed by atoms with van der Waals surface area (Å²) in [6.07, 6.45) is -5.78. The third-order valence-corrected chi connectivity index (χ3v) is 4.61. The summed E-state index contributed by atoms with van der Waals surface area (Å²) >= 11 is 5.42. The number of nitrogens with two attached hydrogens (primary N) is 1. The normalized spacial score (nSPS) is 15.9. The summed E-state index contributed by atoms with van der Waals surface area (Å²) in [5.74, 6) is -5.34. The van der Waals surface area contributed by atoms with E-state index in [0.29, 0.717) is 6.07 Å². The fourth-order valence-electron chi connectivity index (χ4n) is 1.82. The first-order valence-electron chi connectivity index (χ1n) is 5.74. The van der Waals surface area contributed by atoms with Gasteiger partial charge in [-0.25, -0.2) is 13.0 Å². The van der Waals surface area contributed by atoms with Gasteiger partial charge in [-0.15, -0.1) is 0 Å². The Balaban J connectivity index is 3.42. The topological polar surface area (TPSA) is 43.1 Å². The predicted molar refractivity (Wildman–Crippen MR) is 71.2 cm³/mol. The van der Waals surface area contributed by atoms with Crippen LogP contribution in [0.2, 0.25) is 5.02 Å². The van der Waals surface area contributed by atoms with Gasteiger partial charge in [-0.2, -0.15) is 13.2 Å². The summed E-state index contributed by atoms with van der Waals surface area (Å²) in [5, 5.41) is 4.52. The van der Waals surface area contributed by atoms with Crippen molar-refractivity contribution in [3.8, 4) is 0 Å². The molecule has 0 saturated heterocycles. The Morgan fingerprint density at radius 2 is 1.81 bits per heavy atom. The van der Waals surface area contributed by atoms with Crippen molar-refractivity contribution < 1.29 is 26.2 Å². The zero-order valence-electron chi connectivity index (χ0n) is 11.1. The molecular formula is C12H13ClF5NOS. The number of rotatable bonds is 4. The van der Waals surface area contributed by atoms with Gasteiger partial charge in [0.2, 0.25) is 0 Å². The molecule has 2 atom stereocenters. The molecule has 0 bridgehead atoms. The highest BCUT2D eigenvalue weighted by Crippen LogP contribution is 2.44. The van der Waals surface area contributed by atoms with E-state index >= 15 is 0 Å². The van der Waals surface area contributed by atoms with Crippen LogP contribution in [0.1, 0.15) is 31.7 Å². The smallest absolute Gasteiger partial charge is 0.251 e. The van der Waals surface area contributed by atoms with Gasteiger partial charge < -0.3 is 0 Å². The minimum atomic E-state index is -4.94. The molecule has 0 spiro atoms. The molecule has 0 fully saturated rings. The van der Waals surface area contributed by atoms with Crippen LogP contribution in [0.5, 0.6) is 0 Å². The third-order valence-electron chi connectivity index (χ3n) is 3.06. The molecule has 21 heavy (non-hydrogen) atoms. The number of benzene rings is 1. The lowest BCUT2D eigenvalue weighted by atomic mass is 9.88. The van der Waals surface area contributed by atoms with Crippen molar-refractivity contribution in [1.29, 1.82) is 0 Å². The van der Waals surface area contributed by atoms with E-state index in [-0.39, 0.29) is 0 Å². The minimum Gasteiger partial charge on any atom is -0.251 e. The van der Waals surface area contributed by atoms with E-state index in [1.807, 2.05) is 0 Å². The minimum absolute atomic E-state index is 0.618. The summed E-state index contributed by atoms with van der Waals surface area (Å²) in [6.45, 7) is 2.45. The quantitative estimate of drug-likeness (QED) is 0.646. The van der Waals surface area contributed by atoms with Gasteiger partial charge in [0.25, 0.3) is 0 Å². The number of hydrogen-bond acceptors (Lipinski definition) is 1. The zero-order chi connectivity index (χ0) is 16.6. The van der Waals surface area contributed by atoms with Crippen LogP contribution < -0.4 is 5.14 Å². The molecule has 0 amide bonds. The van der Waals surface area contributed by atoms with Gasteiger partial charge in [0.1, 0.15) is 11.6 Å². The zero-order valence-corrected chi connectivity index (χ0v) is 12.7. The van der Waals surface area contributed by atoms with Crippen molar-refractivity contribution in [1.82, 2.24) is 0 Å². The van der Waals surface area contributed by atoms with Gasteiger partial charge in [-0.3, -0.25) is 5.14 Å². The van der Waals surface area contributed by atoms with Crippen LogP contribution in [0, 0.1) is 11.6 Å². The van der Waals surface area contributed by atoms with Crippen LogP contribution in [-0.2, 0) is 11.0 Å². The van der Waals surface area contributed by atoms with Crippen LogP contribution in [0.15, 0.2) is 12.1 Å². The maximum Gasteiger partial charge on any atom is 0.396 e. The molecule has 0 heterocycles. The molecule has 120 valence electrons. The highest BCUT2D eigenvalue weighted by atomic mass is 35.5. The van der Waals surface area contributed by atoms with E-state index in [4.69, 9.17) is 16.7 Å². The summed E-state index contributed by atoms with van der Waals surface area (Å²) in [4.78, 5) is 0. The Bertz CT molecular complexity index is 561. The van der Waals surface area contributed by atoms with E-state index in [1.54, 1.807) is 0 Å². The van der Waals surface area contributed by atoms with Crippen molar-refractivity contribution in [2.24, 2.45) is 5.14 Å². The Morgan fingerprint density at radius 3 is 2.24 bits per heavy atom. The SMILES string of the molecule is CC(C)(C[C@H](c1c(F)ccc(Cl)c1F)C(F)(F)F)S(N)=O. The van der Waals surface area contributed by atoms with Crippen molar-refractivity contribution in [2.45, 2.75) is 37.1 Å². The van der Waals surface area contributed by atoms with Gasteiger partial charge in [-0.1, -0.05) is 11.6 Å². The first-order valence-corrected chi connectivity index (χ1v) is 7.33. The van der Waals surface area contributed by atoms with Gasteiger partial charge in [0, 0.05) is 5.56 Å². The van der Waals surface area contributed by atoms with Crippen molar-refractivity contribution in [3.05, 3.63) is 34.4 Å². The molecule has 9 heteroatoms. The largest absolute Gasteiger partial charge is 0.396 e. The lowest BCUT2D eigenvalue weighted by molar-refractivity contribution is -0.154. The second-order valence-electron chi connectivity index (χ2n) is 5.11.